The van der Waals surface area contributed by atoms with Gasteiger partial charge in [0.2, 0.25) is 11.8 Å². The number of hydrogen-bond acceptors (Lipinski definition) is 3. The van der Waals surface area contributed by atoms with Crippen LogP contribution in [0.15, 0.2) is 42.7 Å². The minimum Gasteiger partial charge on any atom is -0.351 e. The van der Waals surface area contributed by atoms with Crippen LogP contribution in [0.1, 0.15) is 13.3 Å². The first-order chi connectivity index (χ1) is 11.5. The lowest BCUT2D eigenvalue weighted by atomic mass is 10.1. The Hall–Kier alpha value is -2.34. The standard InChI is InChI=1S/C17H19ClN4O2/c1-12(10-21-8-4-7-19-21)20-17(24)13-9-16(23)22(11-13)15-6-3-2-5-14(15)18/h2-8,12-13H,9-11H2,1H3,(H,20,24)/t12-,13-/m1/s1. The van der Waals surface area contributed by atoms with E-state index < -0.39 is 0 Å². The molecule has 0 radical (unpaired) electrons. The van der Waals surface area contributed by atoms with Crippen LogP contribution < -0.4 is 10.2 Å². The third-order valence-corrected chi connectivity index (χ3v) is 4.37. The topological polar surface area (TPSA) is 67.2 Å². The van der Waals surface area contributed by atoms with Crippen LogP contribution in [0.2, 0.25) is 5.02 Å². The number of halogens is 1. The molecule has 0 aliphatic carbocycles. The van der Waals surface area contributed by atoms with Crippen molar-refractivity contribution in [2.45, 2.75) is 25.9 Å². The Kier molecular flexibility index (Phi) is 4.85. The third-order valence-electron chi connectivity index (χ3n) is 4.05. The molecule has 1 aliphatic rings. The number of nitrogens with one attached hydrogen (secondary N) is 1. The molecule has 1 aliphatic heterocycles. The predicted molar refractivity (Wildman–Crippen MR) is 91.7 cm³/mol. The number of benzene rings is 1. The van der Waals surface area contributed by atoms with E-state index in [2.05, 4.69) is 10.4 Å². The summed E-state index contributed by atoms with van der Waals surface area (Å²) in [6, 6.07) is 8.94. The van der Waals surface area contributed by atoms with Crippen molar-refractivity contribution in [2.75, 3.05) is 11.4 Å². The summed E-state index contributed by atoms with van der Waals surface area (Å²) in [5.41, 5.74) is 0.657. The molecule has 0 saturated carbocycles. The van der Waals surface area contributed by atoms with Crippen LogP contribution in [0.4, 0.5) is 5.69 Å². The maximum atomic E-state index is 12.4. The normalized spacial score (nSPS) is 18.7. The smallest absolute Gasteiger partial charge is 0.227 e. The van der Waals surface area contributed by atoms with E-state index in [0.717, 1.165) is 0 Å². The lowest BCUT2D eigenvalue weighted by Crippen LogP contribution is -2.40. The predicted octanol–water partition coefficient (Wildman–Crippen LogP) is 2.09. The van der Waals surface area contributed by atoms with Gasteiger partial charge in [-0.25, -0.2) is 0 Å². The molecule has 1 fully saturated rings. The Labute approximate surface area is 145 Å². The Morgan fingerprint density at radius 3 is 2.92 bits per heavy atom. The van der Waals surface area contributed by atoms with Gasteiger partial charge in [0.25, 0.3) is 0 Å². The van der Waals surface area contributed by atoms with Crippen molar-refractivity contribution in [3.05, 3.63) is 47.7 Å². The summed E-state index contributed by atoms with van der Waals surface area (Å²) in [7, 11) is 0. The minimum absolute atomic E-state index is 0.0677. The zero-order valence-electron chi connectivity index (χ0n) is 13.4. The van der Waals surface area contributed by atoms with E-state index in [4.69, 9.17) is 11.6 Å². The minimum atomic E-state index is -0.367. The second-order valence-corrected chi connectivity index (χ2v) is 6.40. The highest BCUT2D eigenvalue weighted by atomic mass is 35.5. The Balaban J connectivity index is 1.61. The molecular formula is C17H19ClN4O2. The van der Waals surface area contributed by atoms with Gasteiger partial charge in [-0.15, -0.1) is 0 Å². The van der Waals surface area contributed by atoms with Crippen molar-refractivity contribution in [3.63, 3.8) is 0 Å². The van der Waals surface area contributed by atoms with Gasteiger partial charge in [0.1, 0.15) is 0 Å². The second kappa shape index (κ2) is 7.05. The van der Waals surface area contributed by atoms with E-state index in [1.54, 1.807) is 27.9 Å². The number of nitrogens with zero attached hydrogens (tertiary/aromatic N) is 3. The Morgan fingerprint density at radius 2 is 2.21 bits per heavy atom. The average molecular weight is 347 g/mol. The summed E-state index contributed by atoms with van der Waals surface area (Å²) >= 11 is 6.16. The number of carbonyl (C=O) groups excluding carboxylic acids is 2. The first-order valence-electron chi connectivity index (χ1n) is 7.87. The van der Waals surface area contributed by atoms with Crippen molar-refractivity contribution in [3.8, 4) is 0 Å². The summed E-state index contributed by atoms with van der Waals surface area (Å²) in [5.74, 6) is -0.561. The van der Waals surface area contributed by atoms with Crippen LogP contribution in [0.25, 0.3) is 0 Å². The van der Waals surface area contributed by atoms with E-state index >= 15 is 0 Å². The molecule has 24 heavy (non-hydrogen) atoms. The van der Waals surface area contributed by atoms with Gasteiger partial charge in [0, 0.05) is 31.4 Å². The van der Waals surface area contributed by atoms with E-state index in [-0.39, 0.29) is 30.2 Å². The summed E-state index contributed by atoms with van der Waals surface area (Å²) in [6.07, 6.45) is 3.75. The van der Waals surface area contributed by atoms with Gasteiger partial charge in [-0.1, -0.05) is 23.7 Å². The van der Waals surface area contributed by atoms with Gasteiger partial charge in [-0.05, 0) is 25.1 Å². The molecule has 6 nitrogen and oxygen atoms in total. The van der Waals surface area contributed by atoms with Crippen LogP contribution in [0, 0.1) is 5.92 Å². The number of aromatic nitrogens is 2. The van der Waals surface area contributed by atoms with E-state index in [0.29, 0.717) is 23.8 Å². The van der Waals surface area contributed by atoms with E-state index in [9.17, 15) is 9.59 Å². The summed E-state index contributed by atoms with van der Waals surface area (Å²) in [6.45, 7) is 2.86. The molecule has 0 unspecified atom stereocenters. The van der Waals surface area contributed by atoms with Crippen LogP contribution >= 0.6 is 11.6 Å². The lowest BCUT2D eigenvalue weighted by Gasteiger charge is -2.19. The van der Waals surface area contributed by atoms with Crippen molar-refractivity contribution in [1.29, 1.82) is 0 Å². The highest BCUT2D eigenvalue weighted by Crippen LogP contribution is 2.31. The highest BCUT2D eigenvalue weighted by Gasteiger charge is 2.36. The molecule has 3 rings (SSSR count). The molecular weight excluding hydrogens is 328 g/mol. The van der Waals surface area contributed by atoms with Gasteiger partial charge in [0.05, 0.1) is 23.2 Å². The van der Waals surface area contributed by atoms with E-state index in [1.807, 2.05) is 31.3 Å². The average Bonchev–Trinajstić information content (AvgIpc) is 3.17. The summed E-state index contributed by atoms with van der Waals surface area (Å²) in [4.78, 5) is 26.3. The summed E-state index contributed by atoms with van der Waals surface area (Å²) < 4.78 is 1.76. The van der Waals surface area contributed by atoms with Crippen LogP contribution in [-0.4, -0.2) is 34.2 Å². The number of rotatable bonds is 5. The van der Waals surface area contributed by atoms with Gasteiger partial charge in [0.15, 0.2) is 0 Å². The largest absolute Gasteiger partial charge is 0.351 e. The maximum absolute atomic E-state index is 12.4. The zero-order valence-corrected chi connectivity index (χ0v) is 14.1. The fourth-order valence-corrected chi connectivity index (χ4v) is 3.12. The molecule has 2 aromatic rings. The second-order valence-electron chi connectivity index (χ2n) is 5.99. The van der Waals surface area contributed by atoms with Gasteiger partial charge >= 0.3 is 0 Å². The van der Waals surface area contributed by atoms with Crippen molar-refractivity contribution in [2.24, 2.45) is 5.92 Å². The van der Waals surface area contributed by atoms with Crippen molar-refractivity contribution in [1.82, 2.24) is 15.1 Å². The van der Waals surface area contributed by atoms with Gasteiger partial charge < -0.3 is 10.2 Å². The van der Waals surface area contributed by atoms with Crippen molar-refractivity contribution < 1.29 is 9.59 Å². The first kappa shape index (κ1) is 16.5. The van der Waals surface area contributed by atoms with Gasteiger partial charge in [-0.2, -0.15) is 5.10 Å². The van der Waals surface area contributed by atoms with Crippen LogP contribution in [0.3, 0.4) is 0 Å². The molecule has 1 aromatic carbocycles. The molecule has 1 aromatic heterocycles. The molecule has 1 saturated heterocycles. The molecule has 1 N–H and O–H groups in total. The molecule has 0 spiro atoms. The van der Waals surface area contributed by atoms with Crippen LogP contribution in [-0.2, 0) is 16.1 Å². The molecule has 7 heteroatoms. The Bertz CT molecular complexity index is 732. The Morgan fingerprint density at radius 1 is 1.42 bits per heavy atom. The first-order valence-corrected chi connectivity index (χ1v) is 8.25. The molecule has 0 bridgehead atoms. The molecule has 2 heterocycles. The zero-order chi connectivity index (χ0) is 17.1. The number of anilines is 1. The third kappa shape index (κ3) is 3.59. The fraction of sp³-hybridized carbons (Fsp3) is 0.353. The maximum Gasteiger partial charge on any atom is 0.227 e. The lowest BCUT2D eigenvalue weighted by molar-refractivity contribution is -0.126. The molecule has 2 amide bonds. The quantitative estimate of drug-likeness (QED) is 0.901. The van der Waals surface area contributed by atoms with Crippen molar-refractivity contribution >= 4 is 29.1 Å². The number of hydrogen-bond donors (Lipinski definition) is 1. The summed E-state index contributed by atoms with van der Waals surface area (Å²) in [5, 5.41) is 7.59. The molecule has 126 valence electrons. The number of carbonyl (C=O) groups is 2. The SMILES string of the molecule is C[C@H](Cn1cccn1)NC(=O)[C@@H]1CC(=O)N(c2ccccc2Cl)C1. The molecule has 2 atom stereocenters. The highest BCUT2D eigenvalue weighted by molar-refractivity contribution is 6.33. The fourth-order valence-electron chi connectivity index (χ4n) is 2.88. The number of para-hydroxylation sites is 1. The van der Waals surface area contributed by atoms with E-state index in [1.165, 1.54) is 0 Å². The van der Waals surface area contributed by atoms with Gasteiger partial charge in [-0.3, -0.25) is 14.3 Å². The monoisotopic (exact) mass is 346 g/mol. The number of amides is 2. The van der Waals surface area contributed by atoms with Crippen LogP contribution in [0.5, 0.6) is 0 Å².